The summed E-state index contributed by atoms with van der Waals surface area (Å²) in [6.07, 6.45) is 2.64. The fourth-order valence-corrected chi connectivity index (χ4v) is 2.19. The molecule has 3 N–H and O–H groups in total. The molecule has 2 aromatic rings. The first-order valence-electron chi connectivity index (χ1n) is 8.26. The molecular formula is C20H20N2O6. The van der Waals surface area contributed by atoms with Crippen molar-refractivity contribution >= 4 is 29.5 Å². The van der Waals surface area contributed by atoms with E-state index in [0.29, 0.717) is 16.8 Å². The number of rotatable bonds is 7. The van der Waals surface area contributed by atoms with Crippen molar-refractivity contribution in [3.05, 3.63) is 59.7 Å². The van der Waals surface area contributed by atoms with Crippen molar-refractivity contribution in [2.75, 3.05) is 26.1 Å². The Labute approximate surface area is 161 Å². The molecular weight excluding hydrogens is 364 g/mol. The number of carbonyl (C=O) groups is 3. The van der Waals surface area contributed by atoms with Crippen LogP contribution in [0.15, 0.2) is 48.5 Å². The first-order chi connectivity index (χ1) is 13.4. The van der Waals surface area contributed by atoms with Gasteiger partial charge in [0, 0.05) is 24.4 Å². The number of amides is 2. The summed E-state index contributed by atoms with van der Waals surface area (Å²) in [5, 5.41) is 14.6. The van der Waals surface area contributed by atoms with Gasteiger partial charge in [0.2, 0.25) is 0 Å². The second-order valence-corrected chi connectivity index (χ2v) is 5.58. The molecule has 2 aromatic carbocycles. The van der Waals surface area contributed by atoms with E-state index >= 15 is 0 Å². The Morgan fingerprint density at radius 2 is 1.82 bits per heavy atom. The molecule has 0 aliphatic heterocycles. The molecule has 0 unspecified atom stereocenters. The maximum Gasteiger partial charge on any atom is 0.331 e. The van der Waals surface area contributed by atoms with Crippen LogP contribution in [0.1, 0.15) is 15.9 Å². The zero-order valence-electron chi connectivity index (χ0n) is 15.4. The quantitative estimate of drug-likeness (QED) is 0.497. The monoisotopic (exact) mass is 384 g/mol. The van der Waals surface area contributed by atoms with Gasteiger partial charge in [-0.3, -0.25) is 9.59 Å². The van der Waals surface area contributed by atoms with Crippen LogP contribution in [-0.2, 0) is 14.3 Å². The smallest absolute Gasteiger partial charge is 0.331 e. The van der Waals surface area contributed by atoms with Crippen molar-refractivity contribution in [2.24, 2.45) is 0 Å². The Bertz CT molecular complexity index is 890. The molecule has 0 radical (unpaired) electrons. The van der Waals surface area contributed by atoms with Gasteiger partial charge in [0.1, 0.15) is 0 Å². The molecule has 0 saturated heterocycles. The average Bonchev–Trinajstić information content (AvgIpc) is 2.71. The third-order valence-corrected chi connectivity index (χ3v) is 3.62. The lowest BCUT2D eigenvalue weighted by Crippen LogP contribution is -2.20. The number of hydrogen-bond donors (Lipinski definition) is 3. The number of methoxy groups -OCH3 is 1. The minimum Gasteiger partial charge on any atom is -0.504 e. The summed E-state index contributed by atoms with van der Waals surface area (Å²) < 4.78 is 9.85. The molecule has 0 aliphatic rings. The summed E-state index contributed by atoms with van der Waals surface area (Å²) >= 11 is 0. The third-order valence-electron chi connectivity index (χ3n) is 3.62. The molecule has 28 heavy (non-hydrogen) atoms. The average molecular weight is 384 g/mol. The van der Waals surface area contributed by atoms with Gasteiger partial charge in [-0.15, -0.1) is 0 Å². The van der Waals surface area contributed by atoms with Gasteiger partial charge in [-0.05, 0) is 48.0 Å². The molecule has 8 nitrogen and oxygen atoms in total. The Hall–Kier alpha value is -3.81. The molecule has 0 heterocycles. The largest absolute Gasteiger partial charge is 0.504 e. The van der Waals surface area contributed by atoms with Crippen molar-refractivity contribution in [2.45, 2.75) is 0 Å². The standard InChI is InChI=1S/C20H20N2O6/c1-21-20(26)14-5-7-15(8-6-14)22-18(24)12-28-19(25)10-4-13-3-9-16(23)17(11-13)27-2/h3-11,23H,12H2,1-2H3,(H,21,26)(H,22,24)/b10-4+. The van der Waals surface area contributed by atoms with Crippen LogP contribution in [0.5, 0.6) is 11.5 Å². The minimum atomic E-state index is -0.697. The number of benzene rings is 2. The number of hydrogen-bond acceptors (Lipinski definition) is 6. The van der Waals surface area contributed by atoms with Crippen molar-refractivity contribution in [3.63, 3.8) is 0 Å². The van der Waals surface area contributed by atoms with Gasteiger partial charge < -0.3 is 25.2 Å². The van der Waals surface area contributed by atoms with E-state index < -0.39 is 18.5 Å². The van der Waals surface area contributed by atoms with Crippen molar-refractivity contribution in [1.29, 1.82) is 0 Å². The highest BCUT2D eigenvalue weighted by Gasteiger charge is 2.08. The predicted octanol–water partition coefficient (Wildman–Crippen LogP) is 1.96. The molecule has 0 bridgehead atoms. The van der Waals surface area contributed by atoms with Gasteiger partial charge in [0.05, 0.1) is 7.11 Å². The second-order valence-electron chi connectivity index (χ2n) is 5.58. The zero-order chi connectivity index (χ0) is 20.5. The molecule has 0 fully saturated rings. The minimum absolute atomic E-state index is 0.0118. The van der Waals surface area contributed by atoms with Crippen LogP contribution in [-0.4, -0.2) is 43.7 Å². The number of ether oxygens (including phenoxy) is 2. The second kappa shape index (κ2) is 9.77. The first-order valence-corrected chi connectivity index (χ1v) is 8.26. The van der Waals surface area contributed by atoms with Crippen LogP contribution >= 0.6 is 0 Å². The number of phenols is 1. The number of anilines is 1. The highest BCUT2D eigenvalue weighted by atomic mass is 16.5. The Morgan fingerprint density at radius 1 is 1.11 bits per heavy atom. The van der Waals surface area contributed by atoms with E-state index in [-0.39, 0.29) is 17.4 Å². The van der Waals surface area contributed by atoms with Crippen LogP contribution < -0.4 is 15.4 Å². The van der Waals surface area contributed by atoms with Crippen LogP contribution in [0, 0.1) is 0 Å². The van der Waals surface area contributed by atoms with Crippen LogP contribution in [0.4, 0.5) is 5.69 Å². The summed E-state index contributed by atoms with van der Waals surface area (Å²) in [6, 6.07) is 10.9. The normalized spacial score (nSPS) is 10.4. The van der Waals surface area contributed by atoms with Crippen LogP contribution in [0.3, 0.4) is 0 Å². The van der Waals surface area contributed by atoms with Crippen molar-refractivity contribution in [3.8, 4) is 11.5 Å². The molecule has 0 aromatic heterocycles. The predicted molar refractivity (Wildman–Crippen MR) is 103 cm³/mol. The lowest BCUT2D eigenvalue weighted by molar-refractivity contribution is -0.142. The molecule has 0 saturated carbocycles. The number of esters is 1. The number of carbonyl (C=O) groups excluding carboxylic acids is 3. The fraction of sp³-hybridized carbons (Fsp3) is 0.150. The van der Waals surface area contributed by atoms with Crippen LogP contribution in [0.25, 0.3) is 6.08 Å². The maximum absolute atomic E-state index is 11.9. The molecule has 0 atom stereocenters. The van der Waals surface area contributed by atoms with Crippen molar-refractivity contribution in [1.82, 2.24) is 5.32 Å². The molecule has 8 heteroatoms. The summed E-state index contributed by atoms with van der Waals surface area (Å²) in [6.45, 7) is -0.459. The highest BCUT2D eigenvalue weighted by molar-refractivity contribution is 5.96. The van der Waals surface area contributed by atoms with Crippen LogP contribution in [0.2, 0.25) is 0 Å². The molecule has 0 spiro atoms. The Morgan fingerprint density at radius 3 is 2.46 bits per heavy atom. The van der Waals surface area contributed by atoms with Gasteiger partial charge in [-0.1, -0.05) is 6.07 Å². The topological polar surface area (TPSA) is 114 Å². The summed E-state index contributed by atoms with van der Waals surface area (Å²) in [7, 11) is 2.94. The van der Waals surface area contributed by atoms with Gasteiger partial charge >= 0.3 is 5.97 Å². The van der Waals surface area contributed by atoms with Gasteiger partial charge in [0.15, 0.2) is 18.1 Å². The van der Waals surface area contributed by atoms with E-state index in [9.17, 15) is 19.5 Å². The van der Waals surface area contributed by atoms with E-state index in [0.717, 1.165) is 6.08 Å². The van der Waals surface area contributed by atoms with E-state index in [1.807, 2.05) is 0 Å². The zero-order valence-corrected chi connectivity index (χ0v) is 15.4. The summed E-state index contributed by atoms with van der Waals surface area (Å²) in [4.78, 5) is 35.0. The number of nitrogens with one attached hydrogen (secondary N) is 2. The molecule has 146 valence electrons. The van der Waals surface area contributed by atoms with Gasteiger partial charge in [-0.25, -0.2) is 4.79 Å². The Kier molecular flexibility index (Phi) is 7.15. The maximum atomic E-state index is 11.9. The third kappa shape index (κ3) is 5.87. The van der Waals surface area contributed by atoms with E-state index in [2.05, 4.69) is 10.6 Å². The van der Waals surface area contributed by atoms with Gasteiger partial charge in [0.25, 0.3) is 11.8 Å². The molecule has 2 amide bonds. The van der Waals surface area contributed by atoms with E-state index in [1.165, 1.54) is 26.3 Å². The summed E-state index contributed by atoms with van der Waals surface area (Å²) in [5.41, 5.74) is 1.55. The Balaban J connectivity index is 1.83. The number of phenolic OH excluding ortho intramolecular Hbond substituents is 1. The van der Waals surface area contributed by atoms with Crippen molar-refractivity contribution < 1.29 is 29.0 Å². The van der Waals surface area contributed by atoms with Gasteiger partial charge in [-0.2, -0.15) is 0 Å². The molecule has 0 aliphatic carbocycles. The fourth-order valence-electron chi connectivity index (χ4n) is 2.19. The lowest BCUT2D eigenvalue weighted by Gasteiger charge is -2.06. The first kappa shape index (κ1) is 20.5. The summed E-state index contributed by atoms with van der Waals surface area (Å²) in [5.74, 6) is -1.18. The number of aromatic hydroxyl groups is 1. The highest BCUT2D eigenvalue weighted by Crippen LogP contribution is 2.26. The molecule has 2 rings (SSSR count). The lowest BCUT2D eigenvalue weighted by atomic mass is 10.2. The van der Waals surface area contributed by atoms with E-state index in [4.69, 9.17) is 9.47 Å². The SMILES string of the molecule is CNC(=O)c1ccc(NC(=O)COC(=O)/C=C/c2ccc(O)c(OC)c2)cc1. The van der Waals surface area contributed by atoms with E-state index in [1.54, 1.807) is 36.4 Å².